The maximum atomic E-state index is 15.6. The van der Waals surface area contributed by atoms with Gasteiger partial charge in [-0.15, -0.1) is 0 Å². The lowest BCUT2D eigenvalue weighted by atomic mass is 9.91. The fourth-order valence-electron chi connectivity index (χ4n) is 6.81. The molecule has 3 N–H and O–H groups in total. The molecule has 2 saturated carbocycles. The number of halogens is 4. The fraction of sp³-hybridized carbons (Fsp3) is 0.531. The van der Waals surface area contributed by atoms with Crippen LogP contribution in [0, 0.1) is 23.6 Å². The number of fused-ring (bicyclic) bond motifs is 2. The van der Waals surface area contributed by atoms with Crippen LogP contribution in [-0.4, -0.2) is 47.6 Å². The molecule has 2 aromatic carbocycles. The molecular weight excluding hydrogens is 566 g/mol. The molecule has 2 aliphatic carbocycles. The zero-order valence-electron chi connectivity index (χ0n) is 24.0. The van der Waals surface area contributed by atoms with Gasteiger partial charge >= 0.3 is 6.18 Å². The SMILES string of the molecule is CC(CC(O)[C@H](Cc1ccccc1)NC(=O)c1cc(C(F)(F)F)cc(N2CCCC2=O)c1F)C(=O)NC1CC2CCC1C2. The lowest BCUT2D eigenvalue weighted by molar-refractivity contribution is -0.137. The number of aliphatic hydroxyl groups is 1. The maximum Gasteiger partial charge on any atom is 0.416 e. The smallest absolute Gasteiger partial charge is 0.391 e. The minimum absolute atomic E-state index is 0.0248. The first-order chi connectivity index (χ1) is 20.4. The number of nitrogens with one attached hydrogen (secondary N) is 2. The average Bonchev–Trinajstić information content (AvgIpc) is 3.70. The van der Waals surface area contributed by atoms with E-state index in [0.29, 0.717) is 30.4 Å². The van der Waals surface area contributed by atoms with E-state index < -0.39 is 58.7 Å². The first-order valence-electron chi connectivity index (χ1n) is 14.9. The predicted octanol–water partition coefficient (Wildman–Crippen LogP) is 5.00. The highest BCUT2D eigenvalue weighted by molar-refractivity contribution is 6.00. The number of alkyl halides is 3. The summed E-state index contributed by atoms with van der Waals surface area (Å²) in [4.78, 5) is 39.6. The van der Waals surface area contributed by atoms with Gasteiger partial charge in [0.25, 0.3) is 5.91 Å². The minimum atomic E-state index is -4.90. The second-order valence-electron chi connectivity index (χ2n) is 12.3. The molecule has 0 aromatic heterocycles. The van der Waals surface area contributed by atoms with Gasteiger partial charge in [0.05, 0.1) is 29.0 Å². The van der Waals surface area contributed by atoms with Gasteiger partial charge < -0.3 is 20.6 Å². The number of hydrogen-bond donors (Lipinski definition) is 3. The number of carbonyl (C=O) groups is 3. The highest BCUT2D eigenvalue weighted by atomic mass is 19.4. The Morgan fingerprint density at radius 1 is 1.12 bits per heavy atom. The zero-order chi connectivity index (χ0) is 30.9. The summed E-state index contributed by atoms with van der Waals surface area (Å²) in [6.07, 6.45) is -1.32. The van der Waals surface area contributed by atoms with Crippen molar-refractivity contribution in [3.05, 3.63) is 65.0 Å². The van der Waals surface area contributed by atoms with E-state index in [1.807, 2.05) is 0 Å². The van der Waals surface area contributed by atoms with E-state index in [-0.39, 0.29) is 37.8 Å². The average molecular weight is 604 g/mol. The monoisotopic (exact) mass is 603 g/mol. The minimum Gasteiger partial charge on any atom is -0.391 e. The Bertz CT molecular complexity index is 1350. The first kappa shape index (κ1) is 31.0. The Balaban J connectivity index is 1.36. The Morgan fingerprint density at radius 3 is 2.47 bits per heavy atom. The van der Waals surface area contributed by atoms with Crippen molar-refractivity contribution < 1.29 is 37.1 Å². The van der Waals surface area contributed by atoms with Gasteiger partial charge in [-0.1, -0.05) is 43.7 Å². The molecule has 43 heavy (non-hydrogen) atoms. The van der Waals surface area contributed by atoms with E-state index in [4.69, 9.17) is 0 Å². The molecule has 5 unspecified atom stereocenters. The molecule has 2 bridgehead atoms. The Labute approximate surface area is 248 Å². The number of hydrogen-bond acceptors (Lipinski definition) is 4. The summed E-state index contributed by atoms with van der Waals surface area (Å²) in [7, 11) is 0. The van der Waals surface area contributed by atoms with E-state index in [9.17, 15) is 32.7 Å². The molecule has 0 spiro atoms. The molecule has 2 aromatic rings. The summed E-state index contributed by atoms with van der Waals surface area (Å²) in [5.74, 6) is -2.63. The molecule has 7 nitrogen and oxygen atoms in total. The number of nitrogens with zero attached hydrogens (tertiary/aromatic N) is 1. The number of benzene rings is 2. The second kappa shape index (κ2) is 12.6. The van der Waals surface area contributed by atoms with Crippen molar-refractivity contribution in [2.75, 3.05) is 11.4 Å². The van der Waals surface area contributed by atoms with Gasteiger partial charge in [0.1, 0.15) is 0 Å². The van der Waals surface area contributed by atoms with Crippen LogP contribution in [-0.2, 0) is 22.2 Å². The number of aliphatic hydroxyl groups excluding tert-OH is 1. The molecule has 3 fully saturated rings. The van der Waals surface area contributed by atoms with Crippen LogP contribution in [0.4, 0.5) is 23.2 Å². The normalized spacial score (nSPS) is 23.7. The van der Waals surface area contributed by atoms with Crippen molar-refractivity contribution >= 4 is 23.4 Å². The third-order valence-corrected chi connectivity index (χ3v) is 9.18. The van der Waals surface area contributed by atoms with Gasteiger partial charge in [0.2, 0.25) is 11.8 Å². The third-order valence-electron chi connectivity index (χ3n) is 9.18. The zero-order valence-corrected chi connectivity index (χ0v) is 24.0. The van der Waals surface area contributed by atoms with Crippen LogP contribution in [0.25, 0.3) is 0 Å². The van der Waals surface area contributed by atoms with Crippen molar-refractivity contribution in [1.82, 2.24) is 10.6 Å². The molecule has 3 aliphatic rings. The van der Waals surface area contributed by atoms with Crippen molar-refractivity contribution in [2.24, 2.45) is 17.8 Å². The summed E-state index contributed by atoms with van der Waals surface area (Å²) >= 11 is 0. The lowest BCUT2D eigenvalue weighted by Gasteiger charge is -2.28. The first-order valence-corrected chi connectivity index (χ1v) is 14.9. The summed E-state index contributed by atoms with van der Waals surface area (Å²) in [6.45, 7) is 1.72. The van der Waals surface area contributed by atoms with Crippen LogP contribution in [0.15, 0.2) is 42.5 Å². The van der Waals surface area contributed by atoms with Crippen molar-refractivity contribution in [1.29, 1.82) is 0 Å². The van der Waals surface area contributed by atoms with Crippen LogP contribution in [0.3, 0.4) is 0 Å². The van der Waals surface area contributed by atoms with Gasteiger partial charge in [-0.2, -0.15) is 13.2 Å². The van der Waals surface area contributed by atoms with Crippen molar-refractivity contribution in [3.8, 4) is 0 Å². The van der Waals surface area contributed by atoms with Crippen LogP contribution in [0.2, 0.25) is 0 Å². The van der Waals surface area contributed by atoms with Crippen LogP contribution >= 0.6 is 0 Å². The summed E-state index contributed by atoms with van der Waals surface area (Å²) in [6, 6.07) is 8.88. The Kier molecular flexibility index (Phi) is 9.10. The van der Waals surface area contributed by atoms with Gasteiger partial charge in [-0.3, -0.25) is 14.4 Å². The van der Waals surface area contributed by atoms with Gasteiger partial charge in [-0.05, 0) is 68.1 Å². The topological polar surface area (TPSA) is 98.7 Å². The molecule has 232 valence electrons. The van der Waals surface area contributed by atoms with Gasteiger partial charge in [0, 0.05) is 24.9 Å². The van der Waals surface area contributed by atoms with Crippen LogP contribution < -0.4 is 15.5 Å². The highest BCUT2D eigenvalue weighted by Gasteiger charge is 2.41. The summed E-state index contributed by atoms with van der Waals surface area (Å²) in [5.41, 5.74) is -2.02. The predicted molar refractivity (Wildman–Crippen MR) is 152 cm³/mol. The summed E-state index contributed by atoms with van der Waals surface area (Å²) < 4.78 is 57.0. The van der Waals surface area contributed by atoms with E-state index in [2.05, 4.69) is 10.6 Å². The molecule has 1 heterocycles. The Morgan fingerprint density at radius 2 is 1.86 bits per heavy atom. The number of carbonyl (C=O) groups excluding carboxylic acids is 3. The molecule has 3 amide bonds. The molecular formula is C32H37F4N3O4. The van der Waals surface area contributed by atoms with E-state index in [0.717, 1.165) is 29.7 Å². The largest absolute Gasteiger partial charge is 0.416 e. The molecule has 11 heteroatoms. The van der Waals surface area contributed by atoms with Crippen LogP contribution in [0.1, 0.15) is 73.4 Å². The fourth-order valence-corrected chi connectivity index (χ4v) is 6.81. The van der Waals surface area contributed by atoms with Crippen molar-refractivity contribution in [2.45, 2.75) is 82.7 Å². The standard InChI is InChI=1S/C32H37F4N3O4/c1-18(30(42)37-24-15-20-9-10-21(24)13-20)12-27(40)25(14-19-6-3-2-4-7-19)38-31(43)23-16-22(32(34,35)36)17-26(29(23)33)39-11-5-8-28(39)41/h2-4,6-7,16-18,20-21,24-25,27,40H,5,8-15H2,1H3,(H,37,42)(H,38,43)/t18?,20?,21?,24?,25-,27?/m0/s1. The number of rotatable bonds is 10. The Hall–Kier alpha value is -3.47. The van der Waals surface area contributed by atoms with Gasteiger partial charge in [-0.25, -0.2) is 4.39 Å². The lowest BCUT2D eigenvalue weighted by Crippen LogP contribution is -2.47. The maximum absolute atomic E-state index is 15.6. The van der Waals surface area contributed by atoms with E-state index in [1.165, 1.54) is 6.42 Å². The number of anilines is 1. The quantitative estimate of drug-likeness (QED) is 0.333. The number of amides is 3. The van der Waals surface area contributed by atoms with Gasteiger partial charge in [0.15, 0.2) is 5.82 Å². The molecule has 1 aliphatic heterocycles. The highest BCUT2D eigenvalue weighted by Crippen LogP contribution is 2.44. The molecule has 5 rings (SSSR count). The molecule has 6 atom stereocenters. The van der Waals surface area contributed by atoms with E-state index in [1.54, 1.807) is 37.3 Å². The van der Waals surface area contributed by atoms with E-state index >= 15 is 4.39 Å². The molecule has 1 saturated heterocycles. The van der Waals surface area contributed by atoms with Crippen LogP contribution in [0.5, 0.6) is 0 Å². The van der Waals surface area contributed by atoms with Crippen molar-refractivity contribution in [3.63, 3.8) is 0 Å². The second-order valence-corrected chi connectivity index (χ2v) is 12.3. The summed E-state index contributed by atoms with van der Waals surface area (Å²) in [5, 5.41) is 16.9. The third kappa shape index (κ3) is 7.03. The molecule has 0 radical (unpaired) electrons.